The monoisotopic (exact) mass is 339 g/mol. The highest BCUT2D eigenvalue weighted by atomic mass is 35.5. The van der Waals surface area contributed by atoms with E-state index in [1.54, 1.807) is 13.8 Å². The van der Waals surface area contributed by atoms with Crippen LogP contribution in [-0.2, 0) is 20.6 Å². The number of morpholine rings is 1. The quantitative estimate of drug-likeness (QED) is 0.795. The third kappa shape index (κ3) is 2.92. The third-order valence-electron chi connectivity index (χ3n) is 3.42. The molecule has 0 bridgehead atoms. The summed E-state index contributed by atoms with van der Waals surface area (Å²) in [5, 5.41) is 0. The molecule has 0 saturated carbocycles. The van der Waals surface area contributed by atoms with Crippen LogP contribution in [0.15, 0.2) is 17.0 Å². The minimum atomic E-state index is -4.10. The second-order valence-corrected chi connectivity index (χ2v) is 7.51. The van der Waals surface area contributed by atoms with Gasteiger partial charge in [0.2, 0.25) is 10.0 Å². The van der Waals surface area contributed by atoms with E-state index in [1.165, 1.54) is 4.31 Å². The third-order valence-corrected chi connectivity index (χ3v) is 5.82. The molecule has 4 nitrogen and oxygen atoms in total. The van der Waals surface area contributed by atoms with Crippen molar-refractivity contribution in [2.45, 2.75) is 30.2 Å². The lowest BCUT2D eigenvalue weighted by Crippen LogP contribution is -2.55. The van der Waals surface area contributed by atoms with Crippen molar-refractivity contribution < 1.29 is 21.9 Å². The summed E-state index contributed by atoms with van der Waals surface area (Å²) in [5.41, 5.74) is -1.25. The first kappa shape index (κ1) is 16.6. The molecule has 1 aliphatic heterocycles. The normalized spacial score (nSPS) is 19.7. The fourth-order valence-corrected chi connectivity index (χ4v) is 4.40. The Labute approximate surface area is 127 Å². The molecule has 0 aliphatic carbocycles. The smallest absolute Gasteiger partial charge is 0.246 e. The average Bonchev–Trinajstić information content (AvgIpc) is 2.38. The lowest BCUT2D eigenvalue weighted by molar-refractivity contribution is -0.00779. The van der Waals surface area contributed by atoms with Crippen molar-refractivity contribution in [1.82, 2.24) is 4.31 Å². The first-order valence-corrected chi connectivity index (χ1v) is 8.32. The molecule has 0 radical (unpaired) electrons. The highest BCUT2D eigenvalue weighted by Crippen LogP contribution is 2.30. The Bertz CT molecular complexity index is 649. The summed E-state index contributed by atoms with van der Waals surface area (Å²) in [6, 6.07) is 1.85. The van der Waals surface area contributed by atoms with Crippen molar-refractivity contribution >= 4 is 21.6 Å². The van der Waals surface area contributed by atoms with Crippen LogP contribution in [0, 0.1) is 11.6 Å². The van der Waals surface area contributed by atoms with E-state index in [0.717, 1.165) is 12.1 Å². The second kappa shape index (κ2) is 5.79. The Morgan fingerprint density at radius 1 is 1.38 bits per heavy atom. The fourth-order valence-electron chi connectivity index (χ4n) is 2.31. The van der Waals surface area contributed by atoms with Gasteiger partial charge in [-0.05, 0) is 26.0 Å². The van der Waals surface area contributed by atoms with Gasteiger partial charge in [0.25, 0.3) is 0 Å². The van der Waals surface area contributed by atoms with E-state index >= 15 is 0 Å². The summed E-state index contributed by atoms with van der Waals surface area (Å²) in [6.07, 6.45) is 0. The van der Waals surface area contributed by atoms with Gasteiger partial charge in [0.05, 0.1) is 24.6 Å². The molecule has 0 unspecified atom stereocenters. The molecule has 8 heteroatoms. The van der Waals surface area contributed by atoms with Crippen molar-refractivity contribution in [2.75, 3.05) is 19.8 Å². The maximum Gasteiger partial charge on any atom is 0.246 e. The van der Waals surface area contributed by atoms with Crippen LogP contribution in [0.2, 0.25) is 0 Å². The molecule has 1 fully saturated rings. The summed E-state index contributed by atoms with van der Waals surface area (Å²) in [4.78, 5) is -0.561. The van der Waals surface area contributed by atoms with E-state index in [2.05, 4.69) is 0 Å². The molecule has 21 heavy (non-hydrogen) atoms. The molecule has 2 rings (SSSR count). The largest absolute Gasteiger partial charge is 0.378 e. The van der Waals surface area contributed by atoms with Gasteiger partial charge in [0.1, 0.15) is 10.7 Å². The zero-order chi connectivity index (χ0) is 15.8. The van der Waals surface area contributed by atoms with Crippen molar-refractivity contribution in [2.24, 2.45) is 0 Å². The van der Waals surface area contributed by atoms with Crippen LogP contribution in [0.3, 0.4) is 0 Å². The Morgan fingerprint density at radius 2 is 2.05 bits per heavy atom. The number of ether oxygens (including phenoxy) is 1. The highest BCUT2D eigenvalue weighted by molar-refractivity contribution is 7.89. The van der Waals surface area contributed by atoms with Crippen LogP contribution in [0.4, 0.5) is 8.78 Å². The lowest BCUT2D eigenvalue weighted by Gasteiger charge is -2.40. The van der Waals surface area contributed by atoms with Gasteiger partial charge in [-0.25, -0.2) is 17.2 Å². The van der Waals surface area contributed by atoms with Crippen molar-refractivity contribution in [3.63, 3.8) is 0 Å². The number of halogens is 3. The van der Waals surface area contributed by atoms with E-state index in [-0.39, 0.29) is 19.8 Å². The number of benzene rings is 1. The van der Waals surface area contributed by atoms with Crippen LogP contribution < -0.4 is 0 Å². The lowest BCUT2D eigenvalue weighted by atomic mass is 10.1. The Hall–Kier alpha value is -0.760. The van der Waals surface area contributed by atoms with E-state index in [9.17, 15) is 17.2 Å². The summed E-state index contributed by atoms with van der Waals surface area (Å²) < 4.78 is 59.5. The van der Waals surface area contributed by atoms with Gasteiger partial charge in [-0.15, -0.1) is 11.6 Å². The zero-order valence-electron chi connectivity index (χ0n) is 11.7. The molecule has 1 saturated heterocycles. The van der Waals surface area contributed by atoms with Crippen molar-refractivity contribution in [3.05, 3.63) is 29.3 Å². The minimum absolute atomic E-state index is 0.113. The molecule has 1 aliphatic rings. The van der Waals surface area contributed by atoms with Gasteiger partial charge in [0, 0.05) is 12.1 Å². The number of nitrogens with zero attached hydrogens (tertiary/aromatic N) is 1. The first-order chi connectivity index (χ1) is 9.71. The summed E-state index contributed by atoms with van der Waals surface area (Å²) in [6.45, 7) is 3.93. The summed E-state index contributed by atoms with van der Waals surface area (Å²) in [5.74, 6) is -2.43. The van der Waals surface area contributed by atoms with Crippen LogP contribution in [0.25, 0.3) is 0 Å². The molecule has 118 valence electrons. The topological polar surface area (TPSA) is 46.6 Å². The van der Waals surface area contributed by atoms with Gasteiger partial charge in [-0.2, -0.15) is 4.31 Å². The van der Waals surface area contributed by atoms with E-state index < -0.39 is 43.5 Å². The number of rotatable bonds is 3. The predicted octanol–water partition coefficient (Wildman–Crippen LogP) is 2.50. The predicted molar refractivity (Wildman–Crippen MR) is 74.7 cm³/mol. The van der Waals surface area contributed by atoms with Gasteiger partial charge in [-0.3, -0.25) is 0 Å². The minimum Gasteiger partial charge on any atom is -0.378 e. The zero-order valence-corrected chi connectivity index (χ0v) is 13.3. The molecule has 0 amide bonds. The van der Waals surface area contributed by atoms with Gasteiger partial charge < -0.3 is 4.74 Å². The number of hydrogen-bond donors (Lipinski definition) is 0. The number of sulfonamides is 1. The molecule has 0 atom stereocenters. The molecule has 0 spiro atoms. The van der Waals surface area contributed by atoms with E-state index in [4.69, 9.17) is 16.3 Å². The van der Waals surface area contributed by atoms with Crippen molar-refractivity contribution in [1.29, 1.82) is 0 Å². The van der Waals surface area contributed by atoms with Crippen LogP contribution in [-0.4, -0.2) is 38.0 Å². The maximum absolute atomic E-state index is 14.3. The number of hydrogen-bond acceptors (Lipinski definition) is 3. The SMILES string of the molecule is CC1(C)COCCN1S(=O)(=O)c1ccc(F)c(CCl)c1F. The van der Waals surface area contributed by atoms with Crippen molar-refractivity contribution in [3.8, 4) is 0 Å². The van der Waals surface area contributed by atoms with Gasteiger partial charge >= 0.3 is 0 Å². The van der Waals surface area contributed by atoms with E-state index in [1.807, 2.05) is 0 Å². The second-order valence-electron chi connectivity index (χ2n) is 5.41. The van der Waals surface area contributed by atoms with Gasteiger partial charge in [-0.1, -0.05) is 0 Å². The molecule has 1 aromatic carbocycles. The molecule has 0 N–H and O–H groups in total. The molecule has 1 heterocycles. The molecule has 0 aromatic heterocycles. The van der Waals surface area contributed by atoms with Crippen LogP contribution in [0.5, 0.6) is 0 Å². The molecular weight excluding hydrogens is 324 g/mol. The van der Waals surface area contributed by atoms with Gasteiger partial charge in [0.15, 0.2) is 5.82 Å². The maximum atomic E-state index is 14.3. The molecular formula is C13H16ClF2NO3S. The van der Waals surface area contributed by atoms with Crippen LogP contribution >= 0.6 is 11.6 Å². The first-order valence-electron chi connectivity index (χ1n) is 6.35. The summed E-state index contributed by atoms with van der Waals surface area (Å²) >= 11 is 5.49. The Morgan fingerprint density at radius 3 is 2.62 bits per heavy atom. The fraction of sp³-hybridized carbons (Fsp3) is 0.538. The number of alkyl halides is 1. The summed E-state index contributed by atoms with van der Waals surface area (Å²) in [7, 11) is -4.10. The van der Waals surface area contributed by atoms with E-state index in [0.29, 0.717) is 0 Å². The van der Waals surface area contributed by atoms with Crippen LogP contribution in [0.1, 0.15) is 19.4 Å². The standard InChI is InChI=1S/C13H16ClF2NO3S/c1-13(2)8-20-6-5-17(13)21(18,19)11-4-3-10(15)9(7-14)12(11)16/h3-4H,5-8H2,1-2H3. The average molecular weight is 340 g/mol. The highest BCUT2D eigenvalue weighted by Gasteiger charge is 2.41. The Kier molecular flexibility index (Phi) is 4.58. The molecule has 1 aromatic rings. The Balaban J connectivity index is 2.54.